The van der Waals surface area contributed by atoms with Gasteiger partial charge in [0.1, 0.15) is 12.2 Å². The van der Waals surface area contributed by atoms with Crippen LogP contribution in [0.15, 0.2) is 48.5 Å². The van der Waals surface area contributed by atoms with E-state index in [1.807, 2.05) is 42.5 Å². The molecule has 0 aliphatic heterocycles. The van der Waals surface area contributed by atoms with Crippen LogP contribution in [0.1, 0.15) is 76.5 Å². The fraction of sp³-hybridized carbons (Fsp3) is 0.517. The van der Waals surface area contributed by atoms with Crippen LogP contribution in [-0.4, -0.2) is 23.8 Å². The van der Waals surface area contributed by atoms with Crippen molar-refractivity contribution >= 4 is 12.2 Å². The van der Waals surface area contributed by atoms with Gasteiger partial charge in [-0.1, -0.05) is 62.6 Å². The zero-order chi connectivity index (χ0) is 25.8. The minimum absolute atomic E-state index is 0.0531. The van der Waals surface area contributed by atoms with E-state index in [0.29, 0.717) is 11.7 Å². The molecular weight excluding hydrogens is 456 g/mol. The van der Waals surface area contributed by atoms with Gasteiger partial charge in [0.15, 0.2) is 5.75 Å². The molecule has 2 bridgehead atoms. The van der Waals surface area contributed by atoms with Crippen molar-refractivity contribution in [2.75, 3.05) is 0 Å². The Bertz CT molecular complexity index is 1070. The van der Waals surface area contributed by atoms with Crippen molar-refractivity contribution in [2.45, 2.75) is 89.9 Å². The zero-order valence-corrected chi connectivity index (χ0v) is 21.8. The molecular formula is C29H38N2O5. The number of benzene rings is 2. The number of carbonyl (C=O) groups excluding carboxylic acids is 2. The normalized spacial score (nSPS) is 23.3. The minimum atomic E-state index is -0.641. The highest BCUT2D eigenvalue weighted by molar-refractivity contribution is 5.68. The van der Waals surface area contributed by atoms with E-state index in [1.165, 1.54) is 12.0 Å². The molecule has 2 amide bonds. The Kier molecular flexibility index (Phi) is 7.76. The molecule has 2 aliphatic rings. The Labute approximate surface area is 213 Å². The highest BCUT2D eigenvalue weighted by atomic mass is 16.7. The summed E-state index contributed by atoms with van der Waals surface area (Å²) in [5.74, 6) is 0.866. The van der Waals surface area contributed by atoms with Crippen molar-refractivity contribution in [1.82, 2.24) is 10.8 Å². The van der Waals surface area contributed by atoms with Crippen LogP contribution in [0.5, 0.6) is 5.75 Å². The van der Waals surface area contributed by atoms with E-state index in [1.54, 1.807) is 20.8 Å². The van der Waals surface area contributed by atoms with Gasteiger partial charge in [-0.25, -0.2) is 9.59 Å². The molecule has 0 saturated heterocycles. The predicted octanol–water partition coefficient (Wildman–Crippen LogP) is 6.19. The number of fused-ring (bicyclic) bond motifs is 4. The summed E-state index contributed by atoms with van der Waals surface area (Å²) in [4.78, 5) is 30.6. The Morgan fingerprint density at radius 3 is 2.56 bits per heavy atom. The van der Waals surface area contributed by atoms with Crippen LogP contribution in [0, 0.1) is 5.92 Å². The van der Waals surface area contributed by atoms with E-state index in [4.69, 9.17) is 14.3 Å². The maximum absolute atomic E-state index is 12.9. The lowest BCUT2D eigenvalue weighted by atomic mass is 9.59. The lowest BCUT2D eigenvalue weighted by molar-refractivity contribution is 0.0286. The second-order valence-electron chi connectivity index (χ2n) is 11.2. The molecule has 3 atom stereocenters. The van der Waals surface area contributed by atoms with E-state index in [-0.39, 0.29) is 24.2 Å². The summed E-state index contributed by atoms with van der Waals surface area (Å²) in [6, 6.07) is 15.6. The Hall–Kier alpha value is -3.22. The second kappa shape index (κ2) is 10.8. The number of hydrogen-bond acceptors (Lipinski definition) is 5. The van der Waals surface area contributed by atoms with Gasteiger partial charge in [0, 0.05) is 11.5 Å². The first-order chi connectivity index (χ1) is 17.1. The van der Waals surface area contributed by atoms with Crippen LogP contribution >= 0.6 is 0 Å². The third kappa shape index (κ3) is 6.31. The first-order valence-electron chi connectivity index (χ1n) is 12.9. The number of carbonyl (C=O) groups is 2. The quantitative estimate of drug-likeness (QED) is 0.484. The van der Waals surface area contributed by atoms with E-state index < -0.39 is 11.7 Å². The van der Waals surface area contributed by atoms with Crippen molar-refractivity contribution in [1.29, 1.82) is 0 Å². The lowest BCUT2D eigenvalue weighted by Crippen LogP contribution is -2.57. The van der Waals surface area contributed by atoms with Gasteiger partial charge in [0.25, 0.3) is 0 Å². The van der Waals surface area contributed by atoms with Crippen molar-refractivity contribution in [2.24, 2.45) is 5.92 Å². The van der Waals surface area contributed by atoms with Crippen molar-refractivity contribution in [3.63, 3.8) is 0 Å². The second-order valence-corrected chi connectivity index (χ2v) is 11.2. The third-order valence-corrected chi connectivity index (χ3v) is 7.24. The standard InChI is InChI=1S/C29H38N2O5/c1-28(2,3)35-27(33)31-36-23-15-14-21-17-22-13-9-6-10-16-29(4,24(21)18-23)25(22)30-26(32)34-19-20-11-7-5-8-12-20/h5,7-8,11-12,14-15,18,22,25H,6,9-10,13,16-17,19H2,1-4H3,(H,30,32)(H,31,33)/t22-,25-,29+/m0/s1. The topological polar surface area (TPSA) is 85.9 Å². The molecule has 4 rings (SSSR count). The Morgan fingerprint density at radius 1 is 1.03 bits per heavy atom. The molecule has 194 valence electrons. The van der Waals surface area contributed by atoms with Gasteiger partial charge in [-0.05, 0) is 74.8 Å². The smallest absolute Gasteiger partial charge is 0.441 e. The fourth-order valence-electron chi connectivity index (χ4n) is 5.62. The molecule has 0 radical (unpaired) electrons. The number of hydroxylamine groups is 1. The molecule has 1 saturated carbocycles. The van der Waals surface area contributed by atoms with Crippen molar-refractivity contribution in [3.8, 4) is 5.75 Å². The summed E-state index contributed by atoms with van der Waals surface area (Å²) >= 11 is 0. The maximum Gasteiger partial charge on any atom is 0.441 e. The molecule has 0 unspecified atom stereocenters. The molecule has 2 aromatic rings. The molecule has 7 nitrogen and oxygen atoms in total. The van der Waals surface area contributed by atoms with E-state index in [0.717, 1.165) is 43.2 Å². The van der Waals surface area contributed by atoms with Gasteiger partial charge in [-0.3, -0.25) is 0 Å². The summed E-state index contributed by atoms with van der Waals surface area (Å²) in [7, 11) is 0. The molecule has 0 spiro atoms. The highest BCUT2D eigenvalue weighted by Gasteiger charge is 2.46. The van der Waals surface area contributed by atoms with E-state index in [2.05, 4.69) is 23.8 Å². The fourth-order valence-corrected chi connectivity index (χ4v) is 5.62. The summed E-state index contributed by atoms with van der Waals surface area (Å²) in [6.07, 6.45) is 5.30. The van der Waals surface area contributed by atoms with Crippen LogP contribution < -0.4 is 15.6 Å². The molecule has 1 fully saturated rings. The molecule has 2 N–H and O–H groups in total. The van der Waals surface area contributed by atoms with Gasteiger partial charge in [0.2, 0.25) is 0 Å². The van der Waals surface area contributed by atoms with Crippen LogP contribution in [0.4, 0.5) is 9.59 Å². The first kappa shape index (κ1) is 25.9. The predicted molar refractivity (Wildman–Crippen MR) is 138 cm³/mol. The van der Waals surface area contributed by atoms with E-state index >= 15 is 0 Å². The zero-order valence-electron chi connectivity index (χ0n) is 21.8. The van der Waals surface area contributed by atoms with E-state index in [9.17, 15) is 9.59 Å². The van der Waals surface area contributed by atoms with Gasteiger partial charge < -0.3 is 19.6 Å². The molecule has 0 heterocycles. The molecule has 2 aliphatic carbocycles. The average Bonchev–Trinajstić information content (AvgIpc) is 2.83. The Morgan fingerprint density at radius 2 is 1.81 bits per heavy atom. The molecule has 0 aromatic heterocycles. The first-order valence-corrected chi connectivity index (χ1v) is 12.9. The summed E-state index contributed by atoms with van der Waals surface area (Å²) < 4.78 is 10.9. The van der Waals surface area contributed by atoms with Crippen molar-refractivity contribution < 1.29 is 23.9 Å². The van der Waals surface area contributed by atoms with Gasteiger partial charge in [-0.2, -0.15) is 5.48 Å². The maximum atomic E-state index is 12.9. The Balaban J connectivity index is 1.52. The summed E-state index contributed by atoms with van der Waals surface area (Å²) in [5.41, 5.74) is 4.86. The van der Waals surface area contributed by atoms with Crippen LogP contribution in [0.2, 0.25) is 0 Å². The van der Waals surface area contributed by atoms with Crippen LogP contribution in [0.3, 0.4) is 0 Å². The van der Waals surface area contributed by atoms with Crippen molar-refractivity contribution in [3.05, 3.63) is 65.2 Å². The molecule has 36 heavy (non-hydrogen) atoms. The molecule has 7 heteroatoms. The average molecular weight is 495 g/mol. The minimum Gasteiger partial charge on any atom is -0.445 e. The SMILES string of the molecule is CC(C)(C)OC(=O)NOc1ccc2c(c1)[C@@]1(C)CCCCC[C@@H](C2)[C@@H]1NC(=O)OCc1ccccc1. The van der Waals surface area contributed by atoms with Crippen LogP contribution in [-0.2, 0) is 27.9 Å². The summed E-state index contributed by atoms with van der Waals surface area (Å²) in [5, 5.41) is 3.24. The van der Waals surface area contributed by atoms with Crippen LogP contribution in [0.25, 0.3) is 0 Å². The number of hydrogen-bond donors (Lipinski definition) is 2. The summed E-state index contributed by atoms with van der Waals surface area (Å²) in [6.45, 7) is 7.88. The number of ether oxygens (including phenoxy) is 2. The van der Waals surface area contributed by atoms with Gasteiger partial charge >= 0.3 is 12.2 Å². The third-order valence-electron chi connectivity index (χ3n) is 7.24. The molecule has 2 aromatic carbocycles. The monoisotopic (exact) mass is 494 g/mol. The largest absolute Gasteiger partial charge is 0.445 e. The lowest BCUT2D eigenvalue weighted by Gasteiger charge is -2.49. The number of alkyl carbamates (subject to hydrolysis) is 1. The van der Waals surface area contributed by atoms with Gasteiger partial charge in [0.05, 0.1) is 0 Å². The van der Waals surface area contributed by atoms with Gasteiger partial charge in [-0.15, -0.1) is 0 Å². The number of nitrogens with one attached hydrogen (secondary N) is 2. The number of rotatable bonds is 5. The number of amides is 2. The highest BCUT2D eigenvalue weighted by Crippen LogP contribution is 2.47.